The second-order valence-corrected chi connectivity index (χ2v) is 2.40. The van der Waals surface area contributed by atoms with E-state index in [1.165, 1.54) is 0 Å². The van der Waals surface area contributed by atoms with E-state index in [1.54, 1.807) is 0 Å². The molecule has 0 spiro atoms. The average Bonchev–Trinajstić information content (AvgIpc) is 2.50. The van der Waals surface area contributed by atoms with Crippen molar-refractivity contribution in [1.29, 1.82) is 0 Å². The molecule has 2 radical (unpaired) electrons. The van der Waals surface area contributed by atoms with E-state index < -0.39 is 0 Å². The fourth-order valence-electron chi connectivity index (χ4n) is 0.870. The van der Waals surface area contributed by atoms with Crippen molar-refractivity contribution in [3.8, 4) is 0 Å². The summed E-state index contributed by atoms with van der Waals surface area (Å²) in [5, 5.41) is 0. The van der Waals surface area contributed by atoms with Gasteiger partial charge in [-0.2, -0.15) is 0 Å². The van der Waals surface area contributed by atoms with Gasteiger partial charge in [0.05, 0.1) is 6.61 Å². The quantitative estimate of drug-likeness (QED) is 0.418. The Morgan fingerprint density at radius 3 is 2.92 bits per heavy atom. The van der Waals surface area contributed by atoms with E-state index >= 15 is 0 Å². The molecule has 0 unspecified atom stereocenters. The van der Waals surface area contributed by atoms with Gasteiger partial charge in [0.2, 0.25) is 0 Å². The van der Waals surface area contributed by atoms with E-state index in [2.05, 4.69) is 6.58 Å². The average molecular weight is 354 g/mol. The van der Waals surface area contributed by atoms with Crippen molar-refractivity contribution in [2.24, 2.45) is 0 Å². The third kappa shape index (κ3) is 4.75. The van der Waals surface area contributed by atoms with Gasteiger partial charge < -0.3 is 4.74 Å². The van der Waals surface area contributed by atoms with Crippen LogP contribution in [0.15, 0.2) is 36.6 Å². The van der Waals surface area contributed by atoms with Crippen molar-refractivity contribution in [3.05, 3.63) is 43.1 Å². The van der Waals surface area contributed by atoms with Crippen molar-refractivity contribution in [2.75, 3.05) is 6.61 Å². The number of ether oxygens (including phenoxy) is 1. The van der Waals surface area contributed by atoms with Crippen LogP contribution in [0.5, 0.6) is 0 Å². The van der Waals surface area contributed by atoms with Gasteiger partial charge in [-0.25, -0.2) is 0 Å². The molecule has 0 N–H and O–H groups in total. The summed E-state index contributed by atoms with van der Waals surface area (Å²) >= 11 is 0. The molecular formula is C10H13OTl. The molecule has 1 rings (SSSR count). The van der Waals surface area contributed by atoms with Crippen LogP contribution >= 0.6 is 0 Å². The Balaban J connectivity index is 0.00000121. The van der Waals surface area contributed by atoms with Gasteiger partial charge in [-0.3, -0.25) is 0 Å². The van der Waals surface area contributed by atoms with Crippen molar-refractivity contribution in [3.63, 3.8) is 0 Å². The standard InChI is InChI=1S/C10H13O.Tl/c1-2-3-6-9-11-10-7-4-5-8-10;/h2,4-5,7-8H,1,3,6,9H2;. The maximum absolute atomic E-state index is 5.40. The second-order valence-electron chi connectivity index (χ2n) is 2.40. The molecule has 0 aromatic carbocycles. The Bertz CT molecular complexity index is 182. The molecule has 0 saturated carbocycles. The largest absolute Gasteiger partial charge is 0.494 e. The first-order chi connectivity index (χ1) is 5.43. The SMILES string of the molecule is C=CCCCOC1=C[CH]C=C1.[Tl]. The Morgan fingerprint density at radius 1 is 1.50 bits per heavy atom. The smallest absolute Gasteiger partial charge is 0.115 e. The molecule has 0 saturated heterocycles. The Labute approximate surface area is 94.3 Å². The summed E-state index contributed by atoms with van der Waals surface area (Å²) in [4.78, 5) is 0. The molecule has 0 aromatic heterocycles. The van der Waals surface area contributed by atoms with E-state index in [0.29, 0.717) is 0 Å². The minimum atomic E-state index is 0. The molecule has 0 aromatic rings. The van der Waals surface area contributed by atoms with Gasteiger partial charge in [0.25, 0.3) is 0 Å². The first-order valence-corrected chi connectivity index (χ1v) is 3.89. The molecule has 12 heavy (non-hydrogen) atoms. The van der Waals surface area contributed by atoms with E-state index in [9.17, 15) is 0 Å². The van der Waals surface area contributed by atoms with Gasteiger partial charge in [-0.1, -0.05) is 12.2 Å². The molecule has 1 aliphatic rings. The van der Waals surface area contributed by atoms with Crippen molar-refractivity contribution < 1.29 is 4.74 Å². The van der Waals surface area contributed by atoms with Crippen LogP contribution in [0, 0.1) is 6.42 Å². The van der Waals surface area contributed by atoms with Crippen LogP contribution in [0.3, 0.4) is 0 Å². The minimum Gasteiger partial charge on any atom is -0.494 e. The zero-order valence-electron chi connectivity index (χ0n) is 7.20. The summed E-state index contributed by atoms with van der Waals surface area (Å²) in [5.74, 6) is 0.967. The molecule has 0 bridgehead atoms. The molecule has 0 atom stereocenters. The third-order valence-corrected chi connectivity index (χ3v) is 1.45. The van der Waals surface area contributed by atoms with Crippen LogP contribution in [0.2, 0.25) is 0 Å². The maximum atomic E-state index is 5.40. The zero-order chi connectivity index (χ0) is 7.94. The minimum absolute atomic E-state index is 0. The molecule has 0 amide bonds. The summed E-state index contributed by atoms with van der Waals surface area (Å²) in [5.41, 5.74) is 0. The van der Waals surface area contributed by atoms with Crippen LogP contribution in [-0.2, 0) is 4.74 Å². The molecule has 0 heterocycles. The first kappa shape index (κ1) is 11.9. The van der Waals surface area contributed by atoms with Crippen molar-refractivity contribution in [1.82, 2.24) is 0 Å². The molecule has 0 aliphatic heterocycles. The molecule has 0 fully saturated rings. The molecule has 62 valence electrons. The summed E-state index contributed by atoms with van der Waals surface area (Å²) in [6, 6.07) is 0. The molecular weight excluding hydrogens is 340 g/mol. The van der Waals surface area contributed by atoms with Gasteiger partial charge in [-0.15, -0.1) is 6.58 Å². The van der Waals surface area contributed by atoms with Crippen LogP contribution in [0.1, 0.15) is 12.8 Å². The maximum Gasteiger partial charge on any atom is 0.115 e. The van der Waals surface area contributed by atoms with E-state index in [-0.39, 0.29) is 27.3 Å². The fraction of sp³-hybridized carbons (Fsp3) is 0.300. The number of hydrogen-bond donors (Lipinski definition) is 0. The zero-order valence-corrected chi connectivity index (χ0v) is 11.7. The Morgan fingerprint density at radius 2 is 2.33 bits per heavy atom. The van der Waals surface area contributed by atoms with Gasteiger partial charge in [0, 0.05) is 33.7 Å². The normalized spacial score (nSPS) is 13.5. The van der Waals surface area contributed by atoms with E-state index in [4.69, 9.17) is 4.74 Å². The monoisotopic (exact) mass is 354 g/mol. The first-order valence-electron chi connectivity index (χ1n) is 3.89. The third-order valence-electron chi connectivity index (χ3n) is 1.45. The number of hydrogen-bond acceptors (Lipinski definition) is 1. The van der Waals surface area contributed by atoms with Crippen molar-refractivity contribution >= 4 is 27.3 Å². The Hall–Kier alpha value is -0.0579. The Kier molecular flexibility index (Phi) is 7.55. The van der Waals surface area contributed by atoms with Crippen LogP contribution in [0.25, 0.3) is 0 Å². The number of unbranched alkanes of at least 4 members (excludes halogenated alkanes) is 1. The van der Waals surface area contributed by atoms with Gasteiger partial charge in [-0.05, 0) is 25.0 Å². The van der Waals surface area contributed by atoms with Crippen LogP contribution < -0.4 is 0 Å². The predicted molar refractivity (Wildman–Crippen MR) is 52.7 cm³/mol. The summed E-state index contributed by atoms with van der Waals surface area (Å²) in [6.07, 6.45) is 11.9. The topological polar surface area (TPSA) is 9.23 Å². The number of rotatable bonds is 5. The summed E-state index contributed by atoms with van der Waals surface area (Å²) in [6.45, 7) is 4.43. The summed E-state index contributed by atoms with van der Waals surface area (Å²) in [7, 11) is 0. The molecule has 2 heteroatoms. The molecule has 1 aliphatic carbocycles. The van der Waals surface area contributed by atoms with Gasteiger partial charge >= 0.3 is 0 Å². The van der Waals surface area contributed by atoms with E-state index in [1.807, 2.05) is 30.7 Å². The van der Waals surface area contributed by atoms with Gasteiger partial charge in [0.15, 0.2) is 0 Å². The summed E-state index contributed by atoms with van der Waals surface area (Å²) < 4.78 is 5.40. The van der Waals surface area contributed by atoms with Crippen LogP contribution in [0.4, 0.5) is 0 Å². The number of allylic oxidation sites excluding steroid dienone is 4. The predicted octanol–water partition coefficient (Wildman–Crippen LogP) is 2.25. The van der Waals surface area contributed by atoms with Crippen LogP contribution in [-0.4, -0.2) is 33.9 Å². The molecule has 1 nitrogen and oxygen atoms in total. The van der Waals surface area contributed by atoms with Crippen molar-refractivity contribution in [2.45, 2.75) is 12.8 Å². The fourth-order valence-corrected chi connectivity index (χ4v) is 0.870. The van der Waals surface area contributed by atoms with Gasteiger partial charge in [0.1, 0.15) is 5.76 Å². The second kappa shape index (κ2) is 7.58. The van der Waals surface area contributed by atoms with E-state index in [0.717, 1.165) is 25.2 Å².